The molecule has 2 heterocycles. The number of hydrogen-bond donors (Lipinski definition) is 1. The van der Waals surface area contributed by atoms with Crippen molar-refractivity contribution in [1.82, 2.24) is 9.97 Å². The maximum atomic E-state index is 11.0. The summed E-state index contributed by atoms with van der Waals surface area (Å²) in [4.78, 5) is 9.18. The van der Waals surface area contributed by atoms with Gasteiger partial charge >= 0.3 is 29.6 Å². The number of nitrogens with zero attached hydrogens (tertiary/aromatic N) is 5. The van der Waals surface area contributed by atoms with E-state index in [2.05, 4.69) is 9.97 Å². The van der Waals surface area contributed by atoms with Crippen LogP contribution in [0, 0.1) is 4.78 Å². The molecule has 0 bridgehead atoms. The number of nitrogens with one attached hydrogen (secondary N) is 1. The van der Waals surface area contributed by atoms with Gasteiger partial charge in [-0.1, -0.05) is 50.2 Å². The van der Waals surface area contributed by atoms with Crippen molar-refractivity contribution < 1.29 is 38.0 Å². The molecule has 30 heavy (non-hydrogen) atoms. The van der Waals surface area contributed by atoms with Crippen LogP contribution < -0.4 is 29.6 Å². The van der Waals surface area contributed by atoms with E-state index in [1.165, 1.54) is 11.2 Å². The van der Waals surface area contributed by atoms with Crippen molar-refractivity contribution in [2.45, 2.75) is 26.4 Å². The van der Waals surface area contributed by atoms with Crippen LogP contribution in [0.4, 0.5) is 0 Å². The Morgan fingerprint density at radius 2 is 1.43 bits per heavy atom. The first-order valence-electron chi connectivity index (χ1n) is 6.78. The van der Waals surface area contributed by atoms with Gasteiger partial charge in [0.15, 0.2) is 0 Å². The summed E-state index contributed by atoms with van der Waals surface area (Å²) in [6.07, 6.45) is 6.25. The summed E-state index contributed by atoms with van der Waals surface area (Å²) in [5, 5.41) is 0.877. The molecule has 2 aromatic rings. The zero-order valence-electron chi connectivity index (χ0n) is 15.6. The summed E-state index contributed by atoms with van der Waals surface area (Å²) in [7, 11) is -3.28. The van der Waals surface area contributed by atoms with Crippen molar-refractivity contribution in [2.75, 3.05) is 12.5 Å². The van der Waals surface area contributed by atoms with Gasteiger partial charge in [0.25, 0.3) is 0 Å². The van der Waals surface area contributed by atoms with E-state index in [1.807, 2.05) is 6.07 Å². The Bertz CT molecular complexity index is 851. The zero-order chi connectivity index (χ0) is 20.2. The molecule has 14 heteroatoms. The largest absolute Gasteiger partial charge is 1.00 e. The third kappa shape index (κ3) is 23.6. The molecule has 0 spiro atoms. The molecule has 0 amide bonds. The van der Waals surface area contributed by atoms with E-state index in [0.717, 1.165) is 11.1 Å². The fraction of sp³-hybridized carbons (Fsp3) is 0.375. The third-order valence-corrected chi connectivity index (χ3v) is 4.46. The summed E-state index contributed by atoms with van der Waals surface area (Å²) in [5.74, 6) is 0.779. The van der Waals surface area contributed by atoms with E-state index in [9.17, 15) is 8.42 Å². The third-order valence-electron chi connectivity index (χ3n) is 2.39. The minimum absolute atomic E-state index is 0. The first kappa shape index (κ1) is 39.8. The predicted octanol–water partition coefficient (Wildman–Crippen LogP) is 2.29. The fourth-order valence-electron chi connectivity index (χ4n) is 1.54. The molecule has 0 saturated carbocycles. The molecule has 2 unspecified atom stereocenters. The van der Waals surface area contributed by atoms with E-state index in [0.29, 0.717) is 16.1 Å². The van der Waals surface area contributed by atoms with Crippen molar-refractivity contribution in [3.8, 4) is 0 Å². The summed E-state index contributed by atoms with van der Waals surface area (Å²) in [6, 6.07) is 6.88. The molecule has 2 rings (SSSR count). The van der Waals surface area contributed by atoms with E-state index in [-0.39, 0.29) is 58.6 Å². The number of rotatable bonds is 4. The van der Waals surface area contributed by atoms with Gasteiger partial charge in [-0.05, 0) is 23.3 Å². The summed E-state index contributed by atoms with van der Waals surface area (Å²) in [6.45, 7) is 0. The second kappa shape index (κ2) is 21.6. The van der Waals surface area contributed by atoms with Gasteiger partial charge in [0.2, 0.25) is 0 Å². The van der Waals surface area contributed by atoms with Crippen LogP contribution in [-0.4, -0.2) is 39.3 Å². The van der Waals surface area contributed by atoms with Gasteiger partial charge in [-0.15, -0.1) is 0 Å². The normalized spacial score (nSPS) is 11.2. The Morgan fingerprint density at radius 3 is 1.70 bits per heavy atom. The standard InChI is InChI=1S/C7H9ClN2OS.C7H8ClNOS.2CH4.B.N3.Na/c1-12(9,11)5-6-2-3-7(8)10-4-6;1-11(10)5-6-2-3-7(8)9-4-6;;;;1-3-2;/h2-4,9H,5H2,1H3;2-4H,5H2,1H3;2*1H4;;;/q;;;;;-1;+1. The molecule has 3 radical (unpaired) electrons. The van der Waals surface area contributed by atoms with E-state index >= 15 is 0 Å². The van der Waals surface area contributed by atoms with Gasteiger partial charge in [-0.3, -0.25) is 13.9 Å². The first-order chi connectivity index (χ1) is 12.1. The molecular weight excluding hydrogens is 477 g/mol. The number of aromatic nitrogens is 2. The molecule has 0 saturated heterocycles. The maximum Gasteiger partial charge on any atom is 1.00 e. The molecule has 8 nitrogen and oxygen atoms in total. The Kier molecular flexibility index (Phi) is 28.6. The molecule has 0 aliphatic carbocycles. The van der Waals surface area contributed by atoms with Gasteiger partial charge in [-0.25, -0.2) is 14.2 Å². The molecule has 1 N–H and O–H groups in total. The molecule has 161 valence electrons. The average Bonchev–Trinajstić information content (AvgIpc) is 2.52. The molecule has 0 fully saturated rings. The molecule has 0 aliphatic heterocycles. The molecule has 2 aromatic heterocycles. The maximum absolute atomic E-state index is 11.0. The SMILES string of the molecule is C.C.CS(=N)(=O)Cc1ccc(Cl)nc1.CS(=O)Cc1ccc(Cl)nc1.[B].[N-]=[N+]=[N-].[Na+]. The van der Waals surface area contributed by atoms with Crippen LogP contribution >= 0.6 is 23.2 Å². The number of halogens is 2. The van der Waals surface area contributed by atoms with Crippen LogP contribution in [0.25, 0.3) is 16.0 Å². The van der Waals surface area contributed by atoms with Crippen LogP contribution in [0.3, 0.4) is 0 Å². The summed E-state index contributed by atoms with van der Waals surface area (Å²) in [5.41, 5.74) is 15.2. The van der Waals surface area contributed by atoms with Crippen LogP contribution in [0.2, 0.25) is 10.3 Å². The molecule has 0 aromatic carbocycles. The summed E-state index contributed by atoms with van der Waals surface area (Å²) < 4.78 is 29.0. The van der Waals surface area contributed by atoms with Crippen LogP contribution in [0.15, 0.2) is 36.7 Å². The topological polar surface area (TPSA) is 142 Å². The second-order valence-electron chi connectivity index (χ2n) is 4.93. The van der Waals surface area contributed by atoms with E-state index in [1.54, 1.807) is 36.8 Å². The minimum atomic E-state index is -2.47. The van der Waals surface area contributed by atoms with Gasteiger partial charge < -0.3 is 11.1 Å². The van der Waals surface area contributed by atoms with Crippen molar-refractivity contribution >= 4 is 52.1 Å². The average molecular weight is 502 g/mol. The Labute approximate surface area is 216 Å². The fourth-order valence-corrected chi connectivity index (χ4v) is 3.21. The second-order valence-corrected chi connectivity index (χ2v) is 9.44. The minimum Gasteiger partial charge on any atom is -0.373 e. The Hall–Kier alpha value is -0.645. The Balaban J connectivity index is -0.000000110. The van der Waals surface area contributed by atoms with Crippen LogP contribution in [0.5, 0.6) is 0 Å². The zero-order valence-corrected chi connectivity index (χ0v) is 20.7. The monoisotopic (exact) mass is 501 g/mol. The Morgan fingerprint density at radius 1 is 1.07 bits per heavy atom. The number of pyridine rings is 2. The first-order valence-corrected chi connectivity index (χ1v) is 11.4. The van der Waals surface area contributed by atoms with Gasteiger partial charge in [0.1, 0.15) is 10.3 Å². The van der Waals surface area contributed by atoms with Gasteiger partial charge in [0.05, 0.1) is 5.75 Å². The van der Waals surface area contributed by atoms with E-state index < -0.39 is 20.5 Å². The van der Waals surface area contributed by atoms with Crippen molar-refractivity contribution in [1.29, 1.82) is 4.78 Å². The van der Waals surface area contributed by atoms with Crippen LogP contribution in [-0.2, 0) is 32.0 Å². The smallest absolute Gasteiger partial charge is 0.373 e. The van der Waals surface area contributed by atoms with Crippen LogP contribution in [0.1, 0.15) is 26.0 Å². The van der Waals surface area contributed by atoms with Gasteiger partial charge in [0, 0.05) is 59.6 Å². The molecule has 2 atom stereocenters. The van der Waals surface area contributed by atoms with Gasteiger partial charge in [-0.2, -0.15) is 0 Å². The van der Waals surface area contributed by atoms with Crippen molar-refractivity contribution in [3.05, 3.63) is 74.1 Å². The summed E-state index contributed by atoms with van der Waals surface area (Å²) >= 11 is 11.1. The van der Waals surface area contributed by atoms with Crippen molar-refractivity contribution in [2.24, 2.45) is 0 Å². The van der Waals surface area contributed by atoms with Crippen molar-refractivity contribution in [3.63, 3.8) is 0 Å². The quantitative estimate of drug-likeness (QED) is 0.225. The molecular formula is C16H25BCl2N6NaO2S2. The number of hydrogen-bond acceptors (Lipinski definition) is 5. The molecule has 0 aliphatic rings. The predicted molar refractivity (Wildman–Crippen MR) is 126 cm³/mol. The van der Waals surface area contributed by atoms with E-state index in [4.69, 9.17) is 39.0 Å².